The maximum absolute atomic E-state index is 14.0. The lowest BCUT2D eigenvalue weighted by Crippen LogP contribution is -2.42. The van der Waals surface area contributed by atoms with E-state index in [1.54, 1.807) is 6.92 Å². The molecule has 1 aliphatic rings. The number of nitrogens with zero attached hydrogens (tertiary/aromatic N) is 1. The van der Waals surface area contributed by atoms with Gasteiger partial charge in [0.15, 0.2) is 5.82 Å². The van der Waals surface area contributed by atoms with Gasteiger partial charge in [0.1, 0.15) is 4.90 Å². The third-order valence-corrected chi connectivity index (χ3v) is 4.78. The van der Waals surface area contributed by atoms with E-state index in [0.717, 1.165) is 6.42 Å². The number of amides is 1. The van der Waals surface area contributed by atoms with Crippen LogP contribution < -0.4 is 5.73 Å². The van der Waals surface area contributed by atoms with E-state index < -0.39 is 32.2 Å². The van der Waals surface area contributed by atoms with Crippen LogP contribution in [-0.2, 0) is 10.0 Å². The fourth-order valence-corrected chi connectivity index (χ4v) is 3.46. The first-order valence-electron chi connectivity index (χ1n) is 5.44. The Labute approximate surface area is 104 Å². The average molecular weight is 272 g/mol. The highest BCUT2D eigenvalue weighted by molar-refractivity contribution is 7.89. The fourth-order valence-electron chi connectivity index (χ4n) is 1.77. The summed E-state index contributed by atoms with van der Waals surface area (Å²) < 4.78 is 39.4. The number of carbonyl (C=O) groups is 1. The molecule has 98 valence electrons. The molecule has 1 heterocycles. The Morgan fingerprint density at radius 2 is 2.00 bits per heavy atom. The molecule has 0 atom stereocenters. The Balaban J connectivity index is 2.61. The molecule has 0 saturated carbocycles. The number of primary amides is 1. The monoisotopic (exact) mass is 272 g/mol. The van der Waals surface area contributed by atoms with Crippen LogP contribution in [-0.4, -0.2) is 31.7 Å². The lowest BCUT2D eigenvalue weighted by atomic mass is 10.1. The van der Waals surface area contributed by atoms with Crippen molar-refractivity contribution in [3.63, 3.8) is 0 Å². The van der Waals surface area contributed by atoms with Gasteiger partial charge in [0.25, 0.3) is 5.91 Å². The van der Waals surface area contributed by atoms with E-state index in [9.17, 15) is 17.6 Å². The molecule has 0 spiro atoms. The predicted octanol–water partition coefficient (Wildman–Crippen LogP) is 0.627. The van der Waals surface area contributed by atoms with Crippen molar-refractivity contribution in [2.24, 2.45) is 5.73 Å². The van der Waals surface area contributed by atoms with E-state index in [4.69, 9.17) is 5.73 Å². The van der Waals surface area contributed by atoms with Gasteiger partial charge in [0.05, 0.1) is 5.56 Å². The molecule has 1 aliphatic heterocycles. The van der Waals surface area contributed by atoms with Gasteiger partial charge in [-0.25, -0.2) is 12.8 Å². The van der Waals surface area contributed by atoms with Gasteiger partial charge in [-0.2, -0.15) is 4.31 Å². The second-order valence-electron chi connectivity index (χ2n) is 4.25. The summed E-state index contributed by atoms with van der Waals surface area (Å²) in [6, 6.07) is 2.46. The van der Waals surface area contributed by atoms with Crippen LogP contribution in [0.5, 0.6) is 0 Å². The van der Waals surface area contributed by atoms with Crippen molar-refractivity contribution >= 4 is 15.9 Å². The number of rotatable bonds is 3. The van der Waals surface area contributed by atoms with Crippen molar-refractivity contribution in [2.45, 2.75) is 18.2 Å². The number of benzene rings is 1. The first-order valence-corrected chi connectivity index (χ1v) is 6.88. The summed E-state index contributed by atoms with van der Waals surface area (Å²) in [7, 11) is -3.86. The number of sulfonamides is 1. The number of nitrogens with two attached hydrogens (primary N) is 1. The van der Waals surface area contributed by atoms with Crippen LogP contribution in [0.25, 0.3) is 0 Å². The maximum atomic E-state index is 14.0. The molecular formula is C11H13FN2O3S. The van der Waals surface area contributed by atoms with Gasteiger partial charge in [-0.05, 0) is 31.0 Å². The van der Waals surface area contributed by atoms with E-state index >= 15 is 0 Å². The van der Waals surface area contributed by atoms with Crippen LogP contribution in [0.4, 0.5) is 4.39 Å². The third-order valence-electron chi connectivity index (χ3n) is 2.88. The van der Waals surface area contributed by atoms with Crippen LogP contribution >= 0.6 is 0 Å². The zero-order valence-electron chi connectivity index (χ0n) is 9.81. The van der Waals surface area contributed by atoms with E-state index in [1.165, 1.54) is 16.4 Å². The van der Waals surface area contributed by atoms with Gasteiger partial charge in [-0.1, -0.05) is 0 Å². The Morgan fingerprint density at radius 3 is 2.44 bits per heavy atom. The molecule has 1 amide bonds. The van der Waals surface area contributed by atoms with E-state index in [-0.39, 0.29) is 0 Å². The number of hydrogen-bond acceptors (Lipinski definition) is 3. The normalized spacial score (nSPS) is 16.3. The molecule has 18 heavy (non-hydrogen) atoms. The van der Waals surface area contributed by atoms with Gasteiger partial charge in [0, 0.05) is 13.1 Å². The average Bonchev–Trinajstić information content (AvgIpc) is 2.17. The van der Waals surface area contributed by atoms with Crippen LogP contribution in [0, 0.1) is 12.7 Å². The number of hydrogen-bond donors (Lipinski definition) is 1. The van der Waals surface area contributed by atoms with Crippen molar-refractivity contribution in [2.75, 3.05) is 13.1 Å². The third kappa shape index (κ3) is 1.99. The molecular weight excluding hydrogens is 259 g/mol. The summed E-state index contributed by atoms with van der Waals surface area (Å²) in [4.78, 5) is 10.6. The molecule has 1 aromatic rings. The van der Waals surface area contributed by atoms with Crippen molar-refractivity contribution in [3.8, 4) is 0 Å². The van der Waals surface area contributed by atoms with Crippen LogP contribution in [0.1, 0.15) is 22.3 Å². The second kappa shape index (κ2) is 4.33. The van der Waals surface area contributed by atoms with Gasteiger partial charge < -0.3 is 5.73 Å². The number of aryl methyl sites for hydroxylation is 1. The van der Waals surface area contributed by atoms with Crippen LogP contribution in [0.2, 0.25) is 0 Å². The molecule has 1 fully saturated rings. The van der Waals surface area contributed by atoms with E-state index in [2.05, 4.69) is 0 Å². The van der Waals surface area contributed by atoms with Crippen LogP contribution in [0.3, 0.4) is 0 Å². The zero-order chi connectivity index (χ0) is 13.5. The molecule has 0 aliphatic carbocycles. The standard InChI is InChI=1S/C11H13FN2O3S/c1-7-5-8(11(13)15)10(12)9(6-7)18(16,17)14-3-2-4-14/h5-6H,2-4H2,1H3,(H2,13,15). The summed E-state index contributed by atoms with van der Waals surface area (Å²) in [6.45, 7) is 2.34. The van der Waals surface area contributed by atoms with Crippen molar-refractivity contribution in [3.05, 3.63) is 29.1 Å². The quantitative estimate of drug-likeness (QED) is 0.876. The Kier molecular flexibility index (Phi) is 3.12. The molecule has 1 saturated heterocycles. The molecule has 5 nitrogen and oxygen atoms in total. The minimum atomic E-state index is -3.86. The van der Waals surface area contributed by atoms with Gasteiger partial charge >= 0.3 is 0 Å². The van der Waals surface area contributed by atoms with Crippen molar-refractivity contribution in [1.29, 1.82) is 0 Å². The minimum absolute atomic E-state index is 0.377. The van der Waals surface area contributed by atoms with Gasteiger partial charge in [0.2, 0.25) is 10.0 Å². The van der Waals surface area contributed by atoms with E-state index in [0.29, 0.717) is 18.7 Å². The largest absolute Gasteiger partial charge is 0.366 e. The van der Waals surface area contributed by atoms with Crippen LogP contribution in [0.15, 0.2) is 17.0 Å². The maximum Gasteiger partial charge on any atom is 0.251 e. The first-order chi connectivity index (χ1) is 8.34. The summed E-state index contributed by atoms with van der Waals surface area (Å²) in [5.41, 5.74) is 5.11. The molecule has 1 aromatic carbocycles. The smallest absolute Gasteiger partial charge is 0.251 e. The summed E-state index contributed by atoms with van der Waals surface area (Å²) in [5.74, 6) is -2.05. The number of carbonyl (C=O) groups excluding carboxylic acids is 1. The highest BCUT2D eigenvalue weighted by Gasteiger charge is 2.33. The number of halogens is 1. The second-order valence-corrected chi connectivity index (χ2v) is 6.15. The topological polar surface area (TPSA) is 80.5 Å². The lowest BCUT2D eigenvalue weighted by Gasteiger charge is -2.30. The first kappa shape index (κ1) is 13.0. The Bertz CT molecular complexity index is 609. The fraction of sp³-hybridized carbons (Fsp3) is 0.364. The highest BCUT2D eigenvalue weighted by Crippen LogP contribution is 2.26. The molecule has 0 aromatic heterocycles. The zero-order valence-corrected chi connectivity index (χ0v) is 10.6. The van der Waals surface area contributed by atoms with Gasteiger partial charge in [-0.15, -0.1) is 0 Å². The summed E-state index contributed by atoms with van der Waals surface area (Å²) >= 11 is 0. The summed E-state index contributed by atoms with van der Waals surface area (Å²) in [5, 5.41) is 0. The Morgan fingerprint density at radius 1 is 1.39 bits per heavy atom. The van der Waals surface area contributed by atoms with Gasteiger partial charge in [-0.3, -0.25) is 4.79 Å². The van der Waals surface area contributed by atoms with E-state index in [1.807, 2.05) is 0 Å². The minimum Gasteiger partial charge on any atom is -0.366 e. The molecule has 0 radical (unpaired) electrons. The molecule has 2 N–H and O–H groups in total. The van der Waals surface area contributed by atoms with Crippen molar-refractivity contribution in [1.82, 2.24) is 4.31 Å². The summed E-state index contributed by atoms with van der Waals surface area (Å²) in [6.07, 6.45) is 0.759. The SMILES string of the molecule is Cc1cc(C(N)=O)c(F)c(S(=O)(=O)N2CCC2)c1. The lowest BCUT2D eigenvalue weighted by molar-refractivity contribution is 0.0996. The molecule has 7 heteroatoms. The molecule has 0 unspecified atom stereocenters. The molecule has 0 bridgehead atoms. The van der Waals surface area contributed by atoms with Crippen molar-refractivity contribution < 1.29 is 17.6 Å². The molecule has 2 rings (SSSR count). The predicted molar refractivity (Wildman–Crippen MR) is 63.0 cm³/mol. The highest BCUT2D eigenvalue weighted by atomic mass is 32.2. The Hall–Kier alpha value is -1.47.